The Morgan fingerprint density at radius 3 is 2.62 bits per heavy atom. The van der Waals surface area contributed by atoms with Gasteiger partial charge in [-0.1, -0.05) is 6.07 Å². The summed E-state index contributed by atoms with van der Waals surface area (Å²) in [7, 11) is 1.41. The standard InChI is InChI=1S/C17H17F3N4O5/c1-9(25)6-7-24-14(26)12-13(23(2)16(24)27)22-15(21-12)28-10-4-3-5-11(8-10)29-17(18,19)20/h3-5,8-9,25H,6-7H2,1-2H3,(H,21,22). The summed E-state index contributed by atoms with van der Waals surface area (Å²) in [6, 6.07) is 4.57. The van der Waals surface area contributed by atoms with Crippen molar-refractivity contribution >= 4 is 11.2 Å². The predicted molar refractivity (Wildman–Crippen MR) is 95.1 cm³/mol. The lowest BCUT2D eigenvalue weighted by Crippen LogP contribution is -2.39. The van der Waals surface area contributed by atoms with Crippen LogP contribution >= 0.6 is 0 Å². The first-order chi connectivity index (χ1) is 13.5. The fraction of sp³-hybridized carbons (Fsp3) is 0.353. The quantitative estimate of drug-likeness (QED) is 0.637. The van der Waals surface area contributed by atoms with Crippen molar-refractivity contribution in [3.63, 3.8) is 0 Å². The molecule has 29 heavy (non-hydrogen) atoms. The maximum atomic E-state index is 12.6. The van der Waals surface area contributed by atoms with Crippen molar-refractivity contribution in [3.8, 4) is 17.5 Å². The molecule has 9 nitrogen and oxygen atoms in total. The predicted octanol–water partition coefficient (Wildman–Crippen LogP) is 1.89. The number of alkyl halides is 3. The second-order valence-electron chi connectivity index (χ2n) is 6.30. The molecular formula is C17H17F3N4O5. The number of benzene rings is 1. The van der Waals surface area contributed by atoms with Gasteiger partial charge in [0, 0.05) is 19.7 Å². The van der Waals surface area contributed by atoms with Crippen molar-refractivity contribution in [2.45, 2.75) is 32.4 Å². The van der Waals surface area contributed by atoms with E-state index in [1.54, 1.807) is 0 Å². The maximum absolute atomic E-state index is 12.6. The number of nitrogens with one attached hydrogen (secondary N) is 1. The first-order valence-electron chi connectivity index (χ1n) is 8.46. The smallest absolute Gasteiger partial charge is 0.425 e. The van der Waals surface area contributed by atoms with Crippen LogP contribution in [-0.4, -0.2) is 36.7 Å². The normalized spacial score (nSPS) is 12.9. The summed E-state index contributed by atoms with van der Waals surface area (Å²) < 4.78 is 48.3. The summed E-state index contributed by atoms with van der Waals surface area (Å²) in [4.78, 5) is 31.6. The molecule has 156 valence electrons. The summed E-state index contributed by atoms with van der Waals surface area (Å²) in [5.41, 5.74) is -1.27. The third kappa shape index (κ3) is 4.59. The largest absolute Gasteiger partial charge is 0.573 e. The van der Waals surface area contributed by atoms with Crippen molar-refractivity contribution in [3.05, 3.63) is 45.1 Å². The zero-order valence-electron chi connectivity index (χ0n) is 15.4. The summed E-state index contributed by atoms with van der Waals surface area (Å²) in [5, 5.41) is 9.39. The van der Waals surface area contributed by atoms with Gasteiger partial charge in [-0.25, -0.2) is 4.79 Å². The number of hydrogen-bond donors (Lipinski definition) is 2. The lowest BCUT2D eigenvalue weighted by molar-refractivity contribution is -0.274. The molecule has 3 rings (SSSR count). The van der Waals surface area contributed by atoms with Crippen molar-refractivity contribution in [1.29, 1.82) is 0 Å². The molecule has 1 atom stereocenters. The minimum atomic E-state index is -4.85. The van der Waals surface area contributed by atoms with Crippen LogP contribution in [0.15, 0.2) is 33.9 Å². The highest BCUT2D eigenvalue weighted by molar-refractivity contribution is 5.70. The van der Waals surface area contributed by atoms with Crippen LogP contribution in [0.25, 0.3) is 11.2 Å². The Bertz CT molecular complexity index is 1150. The number of aryl methyl sites for hydroxylation is 1. The summed E-state index contributed by atoms with van der Waals surface area (Å²) in [5.74, 6) is -0.510. The molecule has 0 aliphatic heterocycles. The first kappa shape index (κ1) is 20.5. The van der Waals surface area contributed by atoms with E-state index >= 15 is 0 Å². The molecule has 2 heterocycles. The number of aromatic nitrogens is 4. The Kier molecular flexibility index (Phi) is 5.38. The Morgan fingerprint density at radius 1 is 1.28 bits per heavy atom. The molecule has 2 N–H and O–H groups in total. The van der Waals surface area contributed by atoms with Crippen molar-refractivity contribution in [2.24, 2.45) is 7.05 Å². The first-order valence-corrected chi connectivity index (χ1v) is 8.46. The van der Waals surface area contributed by atoms with Crippen LogP contribution in [0.1, 0.15) is 13.3 Å². The minimum absolute atomic E-state index is 0.00511. The lowest BCUT2D eigenvalue weighted by Gasteiger charge is -2.09. The van der Waals surface area contributed by atoms with Gasteiger partial charge in [-0.2, -0.15) is 4.98 Å². The van der Waals surface area contributed by atoms with Crippen LogP contribution < -0.4 is 20.7 Å². The number of nitrogens with zero attached hydrogens (tertiary/aromatic N) is 3. The van der Waals surface area contributed by atoms with Gasteiger partial charge in [-0.05, 0) is 25.5 Å². The van der Waals surface area contributed by atoms with Gasteiger partial charge >= 0.3 is 18.1 Å². The van der Waals surface area contributed by atoms with E-state index in [0.29, 0.717) is 0 Å². The minimum Gasteiger partial charge on any atom is -0.425 e. The number of aliphatic hydroxyl groups excluding tert-OH is 1. The number of aliphatic hydroxyl groups is 1. The van der Waals surface area contributed by atoms with E-state index in [-0.39, 0.29) is 35.9 Å². The molecule has 1 aromatic carbocycles. The molecule has 0 spiro atoms. The van der Waals surface area contributed by atoms with Crippen LogP contribution in [0.4, 0.5) is 13.2 Å². The number of ether oxygens (including phenoxy) is 2. The number of H-pyrrole nitrogens is 1. The fourth-order valence-corrected chi connectivity index (χ4v) is 2.64. The number of rotatable bonds is 6. The SMILES string of the molecule is CC(O)CCn1c(=O)c2[nH]c(Oc3cccc(OC(F)(F)F)c3)nc2n(C)c1=O. The molecule has 0 radical (unpaired) electrons. The highest BCUT2D eigenvalue weighted by Gasteiger charge is 2.31. The fourth-order valence-electron chi connectivity index (χ4n) is 2.64. The number of fused-ring (bicyclic) bond motifs is 1. The van der Waals surface area contributed by atoms with Gasteiger partial charge in [0.1, 0.15) is 11.5 Å². The number of aromatic amines is 1. The Balaban J connectivity index is 1.95. The summed E-state index contributed by atoms with van der Waals surface area (Å²) in [6.45, 7) is 1.54. The van der Waals surface area contributed by atoms with Crippen molar-refractivity contribution in [2.75, 3.05) is 0 Å². The van der Waals surface area contributed by atoms with Gasteiger partial charge < -0.3 is 19.6 Å². The van der Waals surface area contributed by atoms with E-state index in [1.807, 2.05) is 0 Å². The number of hydrogen-bond acceptors (Lipinski definition) is 6. The molecule has 0 saturated heterocycles. The molecule has 0 saturated carbocycles. The van der Waals surface area contributed by atoms with E-state index in [9.17, 15) is 27.9 Å². The monoisotopic (exact) mass is 414 g/mol. The third-order valence-corrected chi connectivity index (χ3v) is 3.98. The van der Waals surface area contributed by atoms with Crippen LogP contribution in [0.3, 0.4) is 0 Å². The Labute approximate surface area is 160 Å². The highest BCUT2D eigenvalue weighted by atomic mass is 19.4. The van der Waals surface area contributed by atoms with Crippen LogP contribution in [0, 0.1) is 0 Å². The van der Waals surface area contributed by atoms with E-state index in [4.69, 9.17) is 4.74 Å². The molecular weight excluding hydrogens is 397 g/mol. The Hall–Kier alpha value is -3.28. The number of halogens is 3. The second kappa shape index (κ2) is 7.62. The third-order valence-electron chi connectivity index (χ3n) is 3.98. The molecule has 0 amide bonds. The summed E-state index contributed by atoms with van der Waals surface area (Å²) in [6.07, 6.45) is -5.36. The van der Waals surface area contributed by atoms with E-state index < -0.39 is 29.5 Å². The zero-order valence-corrected chi connectivity index (χ0v) is 15.4. The van der Waals surface area contributed by atoms with Gasteiger partial charge in [-0.3, -0.25) is 13.9 Å². The molecule has 3 aromatic rings. The summed E-state index contributed by atoms with van der Waals surface area (Å²) >= 11 is 0. The van der Waals surface area contributed by atoms with Crippen LogP contribution in [0.2, 0.25) is 0 Å². The molecule has 0 fully saturated rings. The molecule has 2 aromatic heterocycles. The van der Waals surface area contributed by atoms with Crippen LogP contribution in [-0.2, 0) is 13.6 Å². The van der Waals surface area contributed by atoms with E-state index in [1.165, 1.54) is 26.1 Å². The highest BCUT2D eigenvalue weighted by Crippen LogP contribution is 2.28. The van der Waals surface area contributed by atoms with Crippen molar-refractivity contribution < 1.29 is 27.8 Å². The van der Waals surface area contributed by atoms with Crippen molar-refractivity contribution in [1.82, 2.24) is 19.1 Å². The van der Waals surface area contributed by atoms with Gasteiger partial charge in [0.25, 0.3) is 5.56 Å². The zero-order chi connectivity index (χ0) is 21.3. The topological polar surface area (TPSA) is 111 Å². The number of imidazole rings is 1. The maximum Gasteiger partial charge on any atom is 0.573 e. The van der Waals surface area contributed by atoms with Gasteiger partial charge in [-0.15, -0.1) is 13.2 Å². The average Bonchev–Trinajstić information content (AvgIpc) is 3.02. The van der Waals surface area contributed by atoms with Gasteiger partial charge in [0.15, 0.2) is 11.2 Å². The van der Waals surface area contributed by atoms with Gasteiger partial charge in [0.05, 0.1) is 6.10 Å². The molecule has 0 bridgehead atoms. The van der Waals surface area contributed by atoms with E-state index in [0.717, 1.165) is 21.3 Å². The molecule has 1 unspecified atom stereocenters. The van der Waals surface area contributed by atoms with Gasteiger partial charge in [0.2, 0.25) is 0 Å². The average molecular weight is 414 g/mol. The molecule has 0 aliphatic carbocycles. The molecule has 12 heteroatoms. The lowest BCUT2D eigenvalue weighted by atomic mass is 10.3. The molecule has 0 aliphatic rings. The van der Waals surface area contributed by atoms with E-state index in [2.05, 4.69) is 14.7 Å². The Morgan fingerprint density at radius 2 is 1.97 bits per heavy atom. The van der Waals surface area contributed by atoms with Crippen LogP contribution in [0.5, 0.6) is 17.5 Å². The second-order valence-corrected chi connectivity index (χ2v) is 6.30.